The number of rotatable bonds is 1. The summed E-state index contributed by atoms with van der Waals surface area (Å²) >= 11 is 6.09. The predicted octanol–water partition coefficient (Wildman–Crippen LogP) is 1.49. The summed E-state index contributed by atoms with van der Waals surface area (Å²) in [5.74, 6) is 1.26. The van der Waals surface area contributed by atoms with Crippen molar-refractivity contribution < 1.29 is 9.53 Å². The molecule has 2 aromatic heterocycles. The van der Waals surface area contributed by atoms with Gasteiger partial charge < -0.3 is 9.64 Å². The summed E-state index contributed by atoms with van der Waals surface area (Å²) in [6.45, 7) is 1.55. The van der Waals surface area contributed by atoms with Crippen LogP contribution in [0.15, 0.2) is 18.6 Å². The molecule has 0 aliphatic carbocycles. The first-order chi connectivity index (χ1) is 10.2. The summed E-state index contributed by atoms with van der Waals surface area (Å²) < 4.78 is 7.30. The minimum atomic E-state index is 0.0801. The van der Waals surface area contributed by atoms with Crippen molar-refractivity contribution in [2.75, 3.05) is 19.8 Å². The van der Waals surface area contributed by atoms with E-state index in [4.69, 9.17) is 16.3 Å². The standard InChI is InChI=1S/C14H15ClN4O2/c15-13-11-5-17-14(18(11)4-3-16-13)9-1-2-10-7-21-8-12(20)19(10)6-9/h3-5,9-10H,1-2,6-8H2. The Bertz CT molecular complexity index is 701. The number of morpholine rings is 1. The Morgan fingerprint density at radius 2 is 2.24 bits per heavy atom. The van der Waals surface area contributed by atoms with Gasteiger partial charge in [-0.2, -0.15) is 0 Å². The van der Waals surface area contributed by atoms with Crippen LogP contribution in [0.5, 0.6) is 0 Å². The number of hydrogen-bond donors (Lipinski definition) is 0. The van der Waals surface area contributed by atoms with Crippen LogP contribution in [0.2, 0.25) is 5.15 Å². The molecule has 110 valence electrons. The van der Waals surface area contributed by atoms with Gasteiger partial charge in [-0.1, -0.05) is 11.6 Å². The molecule has 0 saturated carbocycles. The number of hydrogen-bond acceptors (Lipinski definition) is 4. The van der Waals surface area contributed by atoms with Crippen LogP contribution < -0.4 is 0 Å². The largest absolute Gasteiger partial charge is 0.369 e. The molecule has 2 aliphatic rings. The third-order valence-electron chi connectivity index (χ3n) is 4.37. The predicted molar refractivity (Wildman–Crippen MR) is 76.3 cm³/mol. The van der Waals surface area contributed by atoms with Crippen molar-refractivity contribution in [3.05, 3.63) is 29.6 Å². The molecule has 21 heavy (non-hydrogen) atoms. The zero-order valence-corrected chi connectivity index (χ0v) is 12.2. The van der Waals surface area contributed by atoms with E-state index in [9.17, 15) is 4.79 Å². The molecule has 0 bridgehead atoms. The van der Waals surface area contributed by atoms with Crippen LogP contribution in [0.1, 0.15) is 24.6 Å². The Labute approximate surface area is 126 Å². The van der Waals surface area contributed by atoms with Crippen molar-refractivity contribution in [1.82, 2.24) is 19.3 Å². The third-order valence-corrected chi connectivity index (χ3v) is 4.66. The number of carbonyl (C=O) groups excluding carboxylic acids is 1. The number of nitrogens with zero attached hydrogens (tertiary/aromatic N) is 4. The molecule has 0 radical (unpaired) electrons. The molecule has 2 unspecified atom stereocenters. The Kier molecular flexibility index (Phi) is 3.08. The number of ether oxygens (including phenoxy) is 1. The fraction of sp³-hybridized carbons (Fsp3) is 0.500. The molecule has 0 N–H and O–H groups in total. The van der Waals surface area contributed by atoms with Crippen molar-refractivity contribution in [2.45, 2.75) is 24.8 Å². The van der Waals surface area contributed by atoms with E-state index in [0.29, 0.717) is 18.3 Å². The summed E-state index contributed by atoms with van der Waals surface area (Å²) in [7, 11) is 0. The molecule has 2 saturated heterocycles. The Balaban J connectivity index is 1.67. The van der Waals surface area contributed by atoms with Crippen molar-refractivity contribution in [1.29, 1.82) is 0 Å². The fourth-order valence-electron chi connectivity index (χ4n) is 3.30. The van der Waals surface area contributed by atoms with Crippen LogP contribution in [0.3, 0.4) is 0 Å². The average molecular weight is 307 g/mol. The molecule has 7 heteroatoms. The highest BCUT2D eigenvalue weighted by atomic mass is 35.5. The molecule has 1 amide bonds. The number of fused-ring (bicyclic) bond motifs is 2. The quantitative estimate of drug-likeness (QED) is 0.801. The van der Waals surface area contributed by atoms with E-state index in [1.807, 2.05) is 15.5 Å². The van der Waals surface area contributed by atoms with Gasteiger partial charge in [-0.25, -0.2) is 9.97 Å². The van der Waals surface area contributed by atoms with Crippen LogP contribution in [0.25, 0.3) is 5.52 Å². The van der Waals surface area contributed by atoms with Gasteiger partial charge in [-0.15, -0.1) is 0 Å². The molecule has 6 nitrogen and oxygen atoms in total. The lowest BCUT2D eigenvalue weighted by Crippen LogP contribution is -2.53. The van der Waals surface area contributed by atoms with E-state index in [-0.39, 0.29) is 24.5 Å². The van der Waals surface area contributed by atoms with E-state index in [1.54, 1.807) is 12.4 Å². The number of piperidine rings is 1. The zero-order valence-electron chi connectivity index (χ0n) is 11.4. The average Bonchev–Trinajstić information content (AvgIpc) is 2.93. The first-order valence-electron chi connectivity index (χ1n) is 7.08. The lowest BCUT2D eigenvalue weighted by atomic mass is 9.91. The molecule has 2 atom stereocenters. The highest BCUT2D eigenvalue weighted by molar-refractivity contribution is 6.32. The first-order valence-corrected chi connectivity index (χ1v) is 7.46. The molecule has 2 aliphatic heterocycles. The molecule has 0 spiro atoms. The third kappa shape index (κ3) is 2.10. The maximum Gasteiger partial charge on any atom is 0.248 e. The van der Waals surface area contributed by atoms with Crippen LogP contribution in [0, 0.1) is 0 Å². The molecular formula is C14H15ClN4O2. The molecule has 4 rings (SSSR count). The minimum Gasteiger partial charge on any atom is -0.369 e. The number of carbonyl (C=O) groups is 1. The van der Waals surface area contributed by atoms with Gasteiger partial charge in [-0.3, -0.25) is 9.20 Å². The Morgan fingerprint density at radius 1 is 1.33 bits per heavy atom. The molecular weight excluding hydrogens is 292 g/mol. The van der Waals surface area contributed by atoms with Crippen LogP contribution >= 0.6 is 11.6 Å². The molecule has 0 aromatic carbocycles. The van der Waals surface area contributed by atoms with Crippen molar-refractivity contribution in [3.63, 3.8) is 0 Å². The Hall–Kier alpha value is -1.66. The van der Waals surface area contributed by atoms with E-state index in [0.717, 1.165) is 24.2 Å². The highest BCUT2D eigenvalue weighted by Crippen LogP contribution is 2.32. The van der Waals surface area contributed by atoms with Crippen LogP contribution in [-0.2, 0) is 9.53 Å². The van der Waals surface area contributed by atoms with Crippen molar-refractivity contribution in [2.24, 2.45) is 0 Å². The van der Waals surface area contributed by atoms with Gasteiger partial charge in [0.2, 0.25) is 5.91 Å². The smallest absolute Gasteiger partial charge is 0.248 e. The van der Waals surface area contributed by atoms with E-state index in [1.165, 1.54) is 0 Å². The molecule has 4 heterocycles. The fourth-order valence-corrected chi connectivity index (χ4v) is 3.50. The second-order valence-electron chi connectivity index (χ2n) is 5.58. The van der Waals surface area contributed by atoms with Gasteiger partial charge in [0.1, 0.15) is 17.9 Å². The summed E-state index contributed by atoms with van der Waals surface area (Å²) in [6.07, 6.45) is 7.24. The van der Waals surface area contributed by atoms with E-state index < -0.39 is 0 Å². The molecule has 2 fully saturated rings. The topological polar surface area (TPSA) is 59.7 Å². The minimum absolute atomic E-state index is 0.0801. The summed E-state index contributed by atoms with van der Waals surface area (Å²) in [5.41, 5.74) is 0.810. The summed E-state index contributed by atoms with van der Waals surface area (Å²) in [4.78, 5) is 22.5. The first kappa shape index (κ1) is 13.0. The molecule has 2 aromatic rings. The number of imidazole rings is 1. The van der Waals surface area contributed by atoms with Gasteiger partial charge in [-0.05, 0) is 12.8 Å². The van der Waals surface area contributed by atoms with Gasteiger partial charge in [0.15, 0.2) is 5.15 Å². The number of aromatic nitrogens is 3. The van der Waals surface area contributed by atoms with E-state index >= 15 is 0 Å². The second kappa shape index (κ2) is 4.96. The van der Waals surface area contributed by atoms with Crippen molar-refractivity contribution in [3.8, 4) is 0 Å². The highest BCUT2D eigenvalue weighted by Gasteiger charge is 2.36. The van der Waals surface area contributed by atoms with Gasteiger partial charge in [0, 0.05) is 24.9 Å². The van der Waals surface area contributed by atoms with Gasteiger partial charge >= 0.3 is 0 Å². The number of amides is 1. The van der Waals surface area contributed by atoms with E-state index in [2.05, 4.69) is 9.97 Å². The second-order valence-corrected chi connectivity index (χ2v) is 5.94. The summed E-state index contributed by atoms with van der Waals surface area (Å²) in [5, 5.41) is 0.451. The maximum atomic E-state index is 12.0. The van der Waals surface area contributed by atoms with Crippen LogP contribution in [-0.4, -0.2) is 51.0 Å². The van der Waals surface area contributed by atoms with Gasteiger partial charge in [0.05, 0.1) is 18.8 Å². The zero-order chi connectivity index (χ0) is 14.4. The summed E-state index contributed by atoms with van der Waals surface area (Å²) in [6, 6.07) is 0.221. The van der Waals surface area contributed by atoms with Crippen molar-refractivity contribution >= 4 is 23.0 Å². The normalized spacial score (nSPS) is 26.1. The lowest BCUT2D eigenvalue weighted by Gasteiger charge is -2.41. The lowest BCUT2D eigenvalue weighted by molar-refractivity contribution is -0.150. The Morgan fingerprint density at radius 3 is 3.14 bits per heavy atom. The van der Waals surface area contributed by atoms with Gasteiger partial charge in [0.25, 0.3) is 0 Å². The maximum absolute atomic E-state index is 12.0. The monoisotopic (exact) mass is 306 g/mol. The SMILES string of the molecule is O=C1COCC2CCC(c3ncc4c(Cl)nccn34)CN12. The van der Waals surface area contributed by atoms with Crippen LogP contribution in [0.4, 0.5) is 0 Å². The number of halogens is 1.